The van der Waals surface area contributed by atoms with E-state index >= 15 is 0 Å². The molecule has 88 heavy (non-hydrogen) atoms. The summed E-state index contributed by atoms with van der Waals surface area (Å²) in [6, 6.07) is 12.3. The van der Waals surface area contributed by atoms with Gasteiger partial charge in [0.25, 0.3) is 11.8 Å². The van der Waals surface area contributed by atoms with Crippen LogP contribution in [0.5, 0.6) is 0 Å². The van der Waals surface area contributed by atoms with Crippen molar-refractivity contribution in [3.63, 3.8) is 0 Å². The molecule has 6 aromatic rings. The van der Waals surface area contributed by atoms with Gasteiger partial charge in [0.1, 0.15) is 59.4 Å². The summed E-state index contributed by atoms with van der Waals surface area (Å²) >= 11 is 0. The van der Waals surface area contributed by atoms with E-state index in [1.165, 1.54) is 46.8 Å². The van der Waals surface area contributed by atoms with Gasteiger partial charge in [-0.3, -0.25) is 9.59 Å². The molecule has 2 aromatic carbocycles. The second kappa shape index (κ2) is 28.1. The molecular weight excluding hydrogens is 1160 g/mol. The monoisotopic (exact) mass is 1230 g/mol. The maximum absolute atomic E-state index is 12.7. The van der Waals surface area contributed by atoms with Crippen LogP contribution in [0.15, 0.2) is 85.7 Å². The van der Waals surface area contributed by atoms with Crippen molar-refractivity contribution in [2.45, 2.75) is 137 Å². The number of carboxylic acids is 2. The van der Waals surface area contributed by atoms with Crippen molar-refractivity contribution in [1.29, 1.82) is 0 Å². The van der Waals surface area contributed by atoms with E-state index in [2.05, 4.69) is 72.2 Å². The highest BCUT2D eigenvalue weighted by molar-refractivity contribution is 5.99. The van der Waals surface area contributed by atoms with Gasteiger partial charge in [0.05, 0.1) is 48.2 Å². The van der Waals surface area contributed by atoms with Crippen molar-refractivity contribution in [2.75, 3.05) is 21.3 Å². The van der Waals surface area contributed by atoms with Gasteiger partial charge in [0, 0.05) is 38.7 Å². The van der Waals surface area contributed by atoms with Crippen LogP contribution < -0.4 is 43.4 Å². The molecule has 14 atom stereocenters. The first kappa shape index (κ1) is 62.7. The minimum Gasteiger partial charge on any atom is -0.479 e. The van der Waals surface area contributed by atoms with Crippen molar-refractivity contribution >= 4 is 70.8 Å². The number of primary amides is 2. The van der Waals surface area contributed by atoms with E-state index < -0.39 is 122 Å². The number of carboxylic acid groups (broad SMARTS) is 2. The van der Waals surface area contributed by atoms with Gasteiger partial charge >= 0.3 is 24.1 Å². The molecule has 2 aliphatic heterocycles. The lowest BCUT2D eigenvalue weighted by Crippen LogP contribution is -2.61. The van der Waals surface area contributed by atoms with Crippen LogP contribution in [-0.2, 0) is 28.5 Å². The van der Waals surface area contributed by atoms with Gasteiger partial charge < -0.3 is 103 Å². The molecule has 2 aliphatic carbocycles. The van der Waals surface area contributed by atoms with E-state index in [1.807, 2.05) is 0 Å². The lowest BCUT2D eigenvalue weighted by molar-refractivity contribution is -0.278. The number of amides is 4. The van der Waals surface area contributed by atoms with Gasteiger partial charge in [-0.2, -0.15) is 40.0 Å². The zero-order valence-electron chi connectivity index (χ0n) is 46.1. The standard InChI is InChI=1S/2C26H31N9O9.2H2/c2*27-21(39)14-11-28-25(34-22(14)31-12-4-3-5-13(10-12)35-29-8-9-30-35)32-15-6-1-2-7-16(15)33-26(42)44-24-19(38)17(36)18(37)20(43-24)23(40)41;;/h2*3-5,8-11,15-20,24,36-38H,1-2,6-7H2,(H2,27,39)(H,33,42)(H,40,41)(H2,28,31,32,34);2*1H/t15-,16+,17+,18?,19?,20?,24+;15-,16+,17+,18?,19?,20?,24-;;/m11../s1. The van der Waals surface area contributed by atoms with Crippen LogP contribution in [0, 0.1) is 0 Å². The molecule has 472 valence electrons. The number of hydrogen-bond donors (Lipinski definition) is 16. The summed E-state index contributed by atoms with van der Waals surface area (Å²) in [4.78, 5) is 92.6. The number of ether oxygens (including phenoxy) is 4. The van der Waals surface area contributed by atoms with Gasteiger partial charge in [0.15, 0.2) is 12.2 Å². The molecule has 2 saturated heterocycles. The normalized spacial score (nSPS) is 26.8. The molecular formula is C52H66N18O18. The van der Waals surface area contributed by atoms with Crippen molar-refractivity contribution < 1.29 is 91.4 Å². The first-order valence-corrected chi connectivity index (χ1v) is 27.3. The Balaban J connectivity index is 0.000000250. The van der Waals surface area contributed by atoms with Crippen LogP contribution in [0.25, 0.3) is 11.4 Å². The lowest BCUT2D eigenvalue weighted by atomic mass is 9.90. The van der Waals surface area contributed by atoms with Gasteiger partial charge in [-0.15, -0.1) is 0 Å². The molecule has 4 aliphatic rings. The molecule has 2 saturated carbocycles. The second-order valence-electron chi connectivity index (χ2n) is 20.5. The first-order chi connectivity index (χ1) is 42.2. The van der Waals surface area contributed by atoms with Gasteiger partial charge in [-0.1, -0.05) is 37.8 Å². The highest BCUT2D eigenvalue weighted by Crippen LogP contribution is 2.30. The maximum Gasteiger partial charge on any atom is 0.409 e. The molecule has 6 heterocycles. The van der Waals surface area contributed by atoms with Crippen LogP contribution >= 0.6 is 0 Å². The third-order valence-electron chi connectivity index (χ3n) is 14.5. The number of aliphatic hydroxyl groups excluding tert-OH is 6. The summed E-state index contributed by atoms with van der Waals surface area (Å²) in [5.41, 5.74) is 13.7. The predicted molar refractivity (Wildman–Crippen MR) is 302 cm³/mol. The number of carbonyl (C=O) groups is 6. The summed E-state index contributed by atoms with van der Waals surface area (Å²) in [6.07, 6.45) is -6.90. The number of rotatable bonds is 18. The molecule has 36 heteroatoms. The second-order valence-corrected chi connectivity index (χ2v) is 20.5. The van der Waals surface area contributed by atoms with Crippen LogP contribution in [0.1, 0.15) is 74.9 Å². The van der Waals surface area contributed by atoms with Crippen LogP contribution in [0.4, 0.5) is 44.5 Å². The van der Waals surface area contributed by atoms with Crippen LogP contribution in [-0.4, -0.2) is 212 Å². The lowest BCUT2D eigenvalue weighted by Gasteiger charge is -2.38. The molecule has 6 unspecified atom stereocenters. The average molecular weight is 1230 g/mol. The predicted octanol–water partition coefficient (Wildman–Crippen LogP) is -1.03. The molecule has 0 radical (unpaired) electrons. The fraction of sp³-hybridized carbons (Fsp3) is 0.423. The van der Waals surface area contributed by atoms with E-state index in [0.29, 0.717) is 48.4 Å². The van der Waals surface area contributed by atoms with E-state index in [4.69, 9.17) is 30.4 Å². The number of nitrogens with zero attached hydrogens (tertiary/aromatic N) is 10. The third-order valence-corrected chi connectivity index (χ3v) is 14.5. The summed E-state index contributed by atoms with van der Waals surface area (Å²) < 4.78 is 20.2. The van der Waals surface area contributed by atoms with Crippen molar-refractivity contribution in [2.24, 2.45) is 11.5 Å². The summed E-state index contributed by atoms with van der Waals surface area (Å²) in [7, 11) is 0. The number of aliphatic carboxylic acids is 2. The number of nitrogens with one attached hydrogen (secondary N) is 6. The molecule has 4 aromatic heterocycles. The zero-order chi connectivity index (χ0) is 62.8. The topological polar surface area (TPSA) is 538 Å². The minimum absolute atomic E-state index is 0. The third kappa shape index (κ3) is 15.2. The Morgan fingerprint density at radius 3 is 1.24 bits per heavy atom. The number of carbonyl (C=O) groups excluding carboxylic acids is 4. The smallest absolute Gasteiger partial charge is 0.409 e. The number of anilines is 6. The van der Waals surface area contributed by atoms with Gasteiger partial charge in [-0.05, 0) is 62.1 Å². The fourth-order valence-electron chi connectivity index (χ4n) is 10.0. The maximum atomic E-state index is 12.7. The van der Waals surface area contributed by atoms with Crippen molar-refractivity contribution in [3.05, 3.63) is 96.8 Å². The van der Waals surface area contributed by atoms with Gasteiger partial charge in [0.2, 0.25) is 24.5 Å². The summed E-state index contributed by atoms with van der Waals surface area (Å²) in [5.74, 6) is -4.16. The minimum atomic E-state index is -1.92. The Labute approximate surface area is 499 Å². The number of alkyl carbamates (subject to hydrolysis) is 2. The van der Waals surface area contributed by atoms with Crippen molar-refractivity contribution in [3.8, 4) is 11.4 Å². The molecule has 18 N–H and O–H groups in total. The number of benzene rings is 2. The SMILES string of the molecule is NC(=O)c1cnc(N[C@@H]2CCCC[C@@H]2NC(=O)O[C@@H]2OC(C(=O)O)C(O)[C@H](O)C2O)nc1Nc1cccc(-n2nccn2)c1.NC(=O)c1cnc(N[C@@H]2CCCC[C@@H]2NC(=O)O[C@H]2OC(C(=O)O)C(O)[C@H](O)C2O)nc1Nc1cccc(-n2nccn2)c1.[HH].[HH]. The van der Waals surface area contributed by atoms with E-state index in [9.17, 15) is 69.6 Å². The van der Waals surface area contributed by atoms with Gasteiger partial charge in [-0.25, -0.2) is 29.1 Å². The Morgan fingerprint density at radius 1 is 0.523 bits per heavy atom. The Hall–Kier alpha value is -9.82. The fourth-order valence-corrected chi connectivity index (χ4v) is 10.0. The summed E-state index contributed by atoms with van der Waals surface area (Å²) in [5, 5.41) is 113. The van der Waals surface area contributed by atoms with E-state index in [1.54, 1.807) is 48.5 Å². The van der Waals surface area contributed by atoms with E-state index in [-0.39, 0.29) is 37.5 Å². The molecule has 10 rings (SSSR count). The number of nitrogens with two attached hydrogens (primary N) is 2. The summed E-state index contributed by atoms with van der Waals surface area (Å²) in [6.45, 7) is 0. The van der Waals surface area contributed by atoms with Crippen molar-refractivity contribution in [1.82, 2.24) is 60.6 Å². The largest absolute Gasteiger partial charge is 0.479 e. The Morgan fingerprint density at radius 2 is 0.886 bits per heavy atom. The number of aliphatic hydroxyl groups is 6. The molecule has 0 spiro atoms. The highest BCUT2D eigenvalue weighted by Gasteiger charge is 2.50. The quantitative estimate of drug-likeness (QED) is 0.0489. The first-order valence-electron chi connectivity index (χ1n) is 27.3. The number of aromatic nitrogens is 10. The van der Waals surface area contributed by atoms with Crippen LogP contribution in [0.2, 0.25) is 0 Å². The average Bonchev–Trinajstić information content (AvgIpc) is 1.42. The zero-order valence-corrected chi connectivity index (χ0v) is 46.1. The Kier molecular flexibility index (Phi) is 20.0. The van der Waals surface area contributed by atoms with E-state index in [0.717, 1.165) is 25.7 Å². The molecule has 0 bridgehead atoms. The molecule has 4 fully saturated rings. The molecule has 36 nitrogen and oxygen atoms in total. The van der Waals surface area contributed by atoms with Crippen LogP contribution in [0.3, 0.4) is 0 Å². The number of hydrogen-bond acceptors (Lipinski definition) is 28. The molecule has 4 amide bonds. The highest BCUT2D eigenvalue weighted by atomic mass is 16.7. The Bertz CT molecular complexity index is 3220.